The van der Waals surface area contributed by atoms with Gasteiger partial charge in [0.15, 0.2) is 11.0 Å². The van der Waals surface area contributed by atoms with Crippen LogP contribution in [0.3, 0.4) is 0 Å². The van der Waals surface area contributed by atoms with Gasteiger partial charge in [0.2, 0.25) is 5.89 Å². The Morgan fingerprint density at radius 3 is 2.80 bits per heavy atom. The summed E-state index contributed by atoms with van der Waals surface area (Å²) in [6.07, 6.45) is -4.47. The average Bonchev–Trinajstić information content (AvgIpc) is 3.04. The molecule has 1 atom stereocenters. The molecule has 108 valence electrons. The van der Waals surface area contributed by atoms with Gasteiger partial charge in [-0.05, 0) is 25.1 Å². The van der Waals surface area contributed by atoms with Crippen molar-refractivity contribution in [3.63, 3.8) is 0 Å². The number of oxazole rings is 1. The molecule has 1 aromatic carbocycles. The lowest BCUT2D eigenvalue weighted by atomic mass is 9.86. The van der Waals surface area contributed by atoms with Crippen LogP contribution in [0.2, 0.25) is 0 Å². The first-order valence-electron chi connectivity index (χ1n) is 6.19. The van der Waals surface area contributed by atoms with E-state index in [1.54, 1.807) is 12.1 Å². The van der Waals surface area contributed by atoms with Crippen LogP contribution in [-0.4, -0.2) is 31.4 Å². The van der Waals surface area contributed by atoms with Gasteiger partial charge in [-0.15, -0.1) is 0 Å². The van der Waals surface area contributed by atoms with Crippen LogP contribution >= 0.6 is 0 Å². The summed E-state index contributed by atoms with van der Waals surface area (Å²) in [6.45, 7) is 0.0853. The van der Waals surface area contributed by atoms with Crippen LogP contribution in [-0.2, 0) is 5.41 Å². The van der Waals surface area contributed by atoms with E-state index in [1.165, 1.54) is 13.2 Å². The number of halogens is 3. The van der Waals surface area contributed by atoms with Crippen LogP contribution in [0.4, 0.5) is 13.2 Å². The fourth-order valence-corrected chi connectivity index (χ4v) is 2.47. The van der Waals surface area contributed by atoms with E-state index in [1.807, 2.05) is 0 Å². The van der Waals surface area contributed by atoms with Gasteiger partial charge in [-0.1, -0.05) is 0 Å². The minimum Gasteiger partial charge on any atom is -0.497 e. The van der Waals surface area contributed by atoms with Crippen molar-refractivity contribution in [3.8, 4) is 5.75 Å². The Morgan fingerprint density at radius 2 is 2.20 bits per heavy atom. The number of benzene rings is 1. The lowest BCUT2D eigenvalue weighted by molar-refractivity contribution is -0.190. The molecule has 0 aliphatic carbocycles. The molecule has 1 aromatic heterocycles. The molecular formula is C13H13F3N2O2. The zero-order valence-corrected chi connectivity index (χ0v) is 10.8. The monoisotopic (exact) mass is 286 g/mol. The molecule has 0 radical (unpaired) electrons. The Bertz CT molecular complexity index is 630. The van der Waals surface area contributed by atoms with Gasteiger partial charge in [-0.3, -0.25) is 0 Å². The van der Waals surface area contributed by atoms with E-state index >= 15 is 0 Å². The number of aromatic nitrogens is 1. The van der Waals surface area contributed by atoms with Crippen molar-refractivity contribution in [1.29, 1.82) is 0 Å². The highest BCUT2D eigenvalue weighted by atomic mass is 19.4. The molecule has 0 bridgehead atoms. The van der Waals surface area contributed by atoms with Gasteiger partial charge in [-0.2, -0.15) is 13.2 Å². The number of ether oxygens (including phenoxy) is 1. The van der Waals surface area contributed by atoms with E-state index < -0.39 is 11.6 Å². The minimum absolute atomic E-state index is 0.0690. The maximum atomic E-state index is 13.4. The fraction of sp³-hybridized carbons (Fsp3) is 0.462. The van der Waals surface area contributed by atoms with Crippen molar-refractivity contribution in [2.75, 3.05) is 20.2 Å². The number of rotatable bonds is 2. The molecule has 1 saturated heterocycles. The Balaban J connectivity index is 2.12. The molecule has 7 heteroatoms. The van der Waals surface area contributed by atoms with Gasteiger partial charge in [0.1, 0.15) is 11.3 Å². The van der Waals surface area contributed by atoms with E-state index in [9.17, 15) is 13.2 Å². The molecule has 1 N–H and O–H groups in total. The molecule has 1 aliphatic rings. The van der Waals surface area contributed by atoms with Crippen molar-refractivity contribution in [3.05, 3.63) is 24.1 Å². The molecule has 2 heterocycles. The van der Waals surface area contributed by atoms with Gasteiger partial charge in [0.25, 0.3) is 0 Å². The maximum Gasteiger partial charge on any atom is 0.404 e. The van der Waals surface area contributed by atoms with Crippen molar-refractivity contribution in [2.45, 2.75) is 18.0 Å². The summed E-state index contributed by atoms with van der Waals surface area (Å²) in [6, 6.07) is 4.77. The summed E-state index contributed by atoms with van der Waals surface area (Å²) in [5.74, 6) is 0.240. The molecule has 3 rings (SSSR count). The fourth-order valence-electron chi connectivity index (χ4n) is 2.47. The number of alkyl halides is 3. The summed E-state index contributed by atoms with van der Waals surface area (Å²) in [5.41, 5.74) is -1.34. The molecule has 0 spiro atoms. The average molecular weight is 286 g/mol. The van der Waals surface area contributed by atoms with Gasteiger partial charge in [-0.25, -0.2) is 4.98 Å². The third-order valence-electron chi connectivity index (χ3n) is 3.70. The van der Waals surface area contributed by atoms with Crippen LogP contribution in [0.25, 0.3) is 11.1 Å². The first-order valence-corrected chi connectivity index (χ1v) is 6.19. The largest absolute Gasteiger partial charge is 0.497 e. The SMILES string of the molecule is COc1ccc2nc(C3(C(F)(F)F)CCNC3)oc2c1. The highest BCUT2D eigenvalue weighted by molar-refractivity contribution is 5.74. The number of hydrogen-bond donors (Lipinski definition) is 1. The van der Waals surface area contributed by atoms with Crippen molar-refractivity contribution in [2.24, 2.45) is 0 Å². The summed E-state index contributed by atoms with van der Waals surface area (Å²) in [5, 5.41) is 2.74. The van der Waals surface area contributed by atoms with E-state index in [-0.39, 0.29) is 18.9 Å². The van der Waals surface area contributed by atoms with Gasteiger partial charge >= 0.3 is 6.18 Å². The van der Waals surface area contributed by atoms with Crippen LogP contribution in [0.5, 0.6) is 5.75 Å². The number of nitrogens with one attached hydrogen (secondary N) is 1. The van der Waals surface area contributed by atoms with Crippen LogP contribution in [0.15, 0.2) is 22.6 Å². The molecule has 1 aliphatic heterocycles. The molecule has 0 saturated carbocycles. The third kappa shape index (κ3) is 1.84. The molecule has 1 fully saturated rings. The minimum atomic E-state index is -4.40. The summed E-state index contributed by atoms with van der Waals surface area (Å²) in [7, 11) is 1.48. The van der Waals surface area contributed by atoms with Crippen molar-refractivity contribution < 1.29 is 22.3 Å². The lowest BCUT2D eigenvalue weighted by Gasteiger charge is -2.27. The summed E-state index contributed by atoms with van der Waals surface area (Å²) < 4.78 is 50.6. The molecule has 1 unspecified atom stereocenters. The quantitative estimate of drug-likeness (QED) is 0.922. The van der Waals surface area contributed by atoms with E-state index in [0.29, 0.717) is 23.4 Å². The van der Waals surface area contributed by atoms with Gasteiger partial charge in [0, 0.05) is 12.6 Å². The van der Waals surface area contributed by atoms with Gasteiger partial charge in [0.05, 0.1) is 7.11 Å². The normalized spacial score (nSPS) is 23.4. The highest BCUT2D eigenvalue weighted by Crippen LogP contribution is 2.45. The molecule has 2 aromatic rings. The topological polar surface area (TPSA) is 47.3 Å². The second kappa shape index (κ2) is 4.37. The Hall–Kier alpha value is -1.76. The molecule has 20 heavy (non-hydrogen) atoms. The first kappa shape index (κ1) is 13.2. The predicted octanol–water partition coefficient (Wildman–Crippen LogP) is 2.63. The zero-order chi connectivity index (χ0) is 14.4. The first-order chi connectivity index (χ1) is 9.46. The number of nitrogens with zero attached hydrogens (tertiary/aromatic N) is 1. The van der Waals surface area contributed by atoms with Gasteiger partial charge < -0.3 is 14.5 Å². The van der Waals surface area contributed by atoms with Crippen LogP contribution in [0.1, 0.15) is 12.3 Å². The van der Waals surface area contributed by atoms with E-state index in [2.05, 4.69) is 10.3 Å². The standard InChI is InChI=1S/C13H13F3N2O2/c1-19-8-2-3-9-10(6-8)20-11(18-9)12(13(14,15)16)4-5-17-7-12/h2-3,6,17H,4-5,7H2,1H3. The Kier molecular flexibility index (Phi) is 2.89. The predicted molar refractivity (Wildman–Crippen MR) is 65.8 cm³/mol. The number of fused-ring (bicyclic) bond motifs is 1. The molecule has 0 amide bonds. The van der Waals surface area contributed by atoms with Crippen molar-refractivity contribution >= 4 is 11.1 Å². The van der Waals surface area contributed by atoms with E-state index in [0.717, 1.165) is 0 Å². The molecular weight excluding hydrogens is 273 g/mol. The van der Waals surface area contributed by atoms with Crippen LogP contribution < -0.4 is 10.1 Å². The molecule has 4 nitrogen and oxygen atoms in total. The summed E-state index contributed by atoms with van der Waals surface area (Å²) in [4.78, 5) is 4.03. The number of methoxy groups -OCH3 is 1. The smallest absolute Gasteiger partial charge is 0.404 e. The maximum absolute atomic E-state index is 13.4. The second-order valence-electron chi connectivity index (χ2n) is 4.86. The van der Waals surface area contributed by atoms with E-state index in [4.69, 9.17) is 9.15 Å². The third-order valence-corrected chi connectivity index (χ3v) is 3.70. The Morgan fingerprint density at radius 1 is 1.40 bits per heavy atom. The second-order valence-corrected chi connectivity index (χ2v) is 4.86. The lowest BCUT2D eigenvalue weighted by Crippen LogP contribution is -2.44. The number of hydrogen-bond acceptors (Lipinski definition) is 4. The zero-order valence-electron chi connectivity index (χ0n) is 10.8. The Labute approximate surface area is 112 Å². The highest BCUT2D eigenvalue weighted by Gasteiger charge is 2.60. The summed E-state index contributed by atoms with van der Waals surface area (Å²) >= 11 is 0. The van der Waals surface area contributed by atoms with Crippen LogP contribution in [0, 0.1) is 0 Å². The van der Waals surface area contributed by atoms with Crippen molar-refractivity contribution in [1.82, 2.24) is 10.3 Å².